The first kappa shape index (κ1) is 11.4. The molecule has 0 atom stereocenters. The zero-order chi connectivity index (χ0) is 10.8. The van der Waals surface area contributed by atoms with Gasteiger partial charge in [0.2, 0.25) is 0 Å². The summed E-state index contributed by atoms with van der Waals surface area (Å²) < 4.78 is 10.8. The van der Waals surface area contributed by atoms with E-state index in [1.165, 1.54) is 11.2 Å². The van der Waals surface area contributed by atoms with Crippen molar-refractivity contribution in [2.24, 2.45) is 0 Å². The lowest BCUT2D eigenvalue weighted by molar-refractivity contribution is 0.0260. The highest BCUT2D eigenvalue weighted by Crippen LogP contribution is 2.19. The van der Waals surface area contributed by atoms with Crippen LogP contribution in [-0.2, 0) is 9.47 Å². The van der Waals surface area contributed by atoms with Gasteiger partial charge in [-0.05, 0) is 36.7 Å². The number of nitrogens with zero attached hydrogens (tertiary/aromatic N) is 1. The van der Waals surface area contributed by atoms with Crippen molar-refractivity contribution in [3.05, 3.63) is 10.9 Å². The minimum absolute atomic E-state index is 0.357. The number of amides is 1. The fourth-order valence-corrected chi connectivity index (χ4v) is 1.39. The van der Waals surface area contributed by atoms with E-state index in [1.807, 2.05) is 20.8 Å². The van der Waals surface area contributed by atoms with Crippen LogP contribution in [-0.4, -0.2) is 29.7 Å². The Bertz CT molecular complexity index is 257. The van der Waals surface area contributed by atoms with E-state index in [4.69, 9.17) is 9.47 Å². The van der Waals surface area contributed by atoms with E-state index in [0.717, 1.165) is 0 Å². The van der Waals surface area contributed by atoms with Crippen LogP contribution in [0.2, 0.25) is 0 Å². The summed E-state index contributed by atoms with van der Waals surface area (Å²) in [5, 5.41) is 0. The second-order valence-corrected chi connectivity index (χ2v) is 4.76. The minimum Gasteiger partial charge on any atom is -0.497 e. The maximum Gasteiger partial charge on any atom is 0.415 e. The third-order valence-electron chi connectivity index (χ3n) is 1.49. The molecule has 0 aromatic carbocycles. The number of carbonyl (C=O) groups is 1. The Hall–Kier alpha value is -0.710. The number of hydrogen-bond acceptors (Lipinski definition) is 3. The van der Waals surface area contributed by atoms with Gasteiger partial charge in [-0.25, -0.2) is 4.79 Å². The molecule has 0 unspecified atom stereocenters. The van der Waals surface area contributed by atoms with Gasteiger partial charge < -0.3 is 9.47 Å². The summed E-state index contributed by atoms with van der Waals surface area (Å²) in [7, 11) is 0. The molecule has 80 valence electrons. The van der Waals surface area contributed by atoms with E-state index >= 15 is 0 Å². The fourth-order valence-electron chi connectivity index (χ4n) is 0.938. The third kappa shape index (κ3) is 3.21. The second kappa shape index (κ2) is 4.21. The van der Waals surface area contributed by atoms with Crippen LogP contribution < -0.4 is 0 Å². The predicted octanol–water partition coefficient (Wildman–Crippen LogP) is 2.45. The lowest BCUT2D eigenvalue weighted by atomic mass is 10.2. The fraction of sp³-hybridized carbons (Fsp3) is 0.667. The van der Waals surface area contributed by atoms with E-state index in [0.29, 0.717) is 17.8 Å². The van der Waals surface area contributed by atoms with Crippen molar-refractivity contribution >= 4 is 22.0 Å². The van der Waals surface area contributed by atoms with E-state index in [-0.39, 0.29) is 6.09 Å². The molecule has 1 aliphatic rings. The van der Waals surface area contributed by atoms with Gasteiger partial charge in [-0.15, -0.1) is 0 Å². The van der Waals surface area contributed by atoms with Crippen LogP contribution in [0.4, 0.5) is 4.79 Å². The van der Waals surface area contributed by atoms with Gasteiger partial charge in [-0.3, -0.25) is 4.90 Å². The van der Waals surface area contributed by atoms with E-state index < -0.39 is 5.60 Å². The van der Waals surface area contributed by atoms with E-state index in [2.05, 4.69) is 15.9 Å². The van der Waals surface area contributed by atoms with Crippen LogP contribution in [0, 0.1) is 0 Å². The molecule has 1 rings (SSSR count). The minimum atomic E-state index is -0.470. The molecule has 1 amide bonds. The molecule has 0 aromatic rings. The first-order chi connectivity index (χ1) is 6.40. The molecule has 0 radical (unpaired) electrons. The molecule has 0 spiro atoms. The maximum atomic E-state index is 11.6. The van der Waals surface area contributed by atoms with Gasteiger partial charge >= 0.3 is 6.09 Å². The second-order valence-electron chi connectivity index (χ2n) is 3.94. The highest BCUT2D eigenvalue weighted by atomic mass is 79.9. The molecule has 1 aliphatic heterocycles. The molecule has 4 nitrogen and oxygen atoms in total. The third-order valence-corrected chi connectivity index (χ3v) is 2.10. The number of ether oxygens (including phenoxy) is 2. The van der Waals surface area contributed by atoms with Crippen molar-refractivity contribution in [1.29, 1.82) is 0 Å². The van der Waals surface area contributed by atoms with Crippen LogP contribution >= 0.6 is 15.9 Å². The quantitative estimate of drug-likeness (QED) is 0.631. The summed E-state index contributed by atoms with van der Waals surface area (Å²) in [5.41, 5.74) is -0.470. The van der Waals surface area contributed by atoms with Gasteiger partial charge in [-0.2, -0.15) is 0 Å². The highest BCUT2D eigenvalue weighted by molar-refractivity contribution is 9.11. The molecule has 0 fully saturated rings. The monoisotopic (exact) mass is 263 g/mol. The normalized spacial score (nSPS) is 17.1. The van der Waals surface area contributed by atoms with Gasteiger partial charge in [0, 0.05) is 0 Å². The summed E-state index contributed by atoms with van der Waals surface area (Å²) >= 11 is 3.22. The standard InChI is InChI=1S/C9H14BrNO3/c1-9(2,3)14-8(12)11-4-5-13-6-7(11)10/h6H,4-5H2,1-3H3. The summed E-state index contributed by atoms with van der Waals surface area (Å²) in [6.45, 7) is 6.51. The Labute approximate surface area is 92.0 Å². The molecule has 0 aromatic heterocycles. The van der Waals surface area contributed by atoms with Crippen molar-refractivity contribution in [3.8, 4) is 0 Å². The van der Waals surface area contributed by atoms with E-state index in [1.54, 1.807) is 0 Å². The van der Waals surface area contributed by atoms with Crippen molar-refractivity contribution in [2.75, 3.05) is 13.2 Å². The first-order valence-corrected chi connectivity index (χ1v) is 5.17. The molecule has 14 heavy (non-hydrogen) atoms. The topological polar surface area (TPSA) is 38.8 Å². The van der Waals surface area contributed by atoms with Crippen molar-refractivity contribution in [1.82, 2.24) is 4.90 Å². The molecule has 0 aliphatic carbocycles. The van der Waals surface area contributed by atoms with Gasteiger partial charge in [-0.1, -0.05) is 0 Å². The molecule has 5 heteroatoms. The van der Waals surface area contributed by atoms with Crippen LogP contribution in [0.15, 0.2) is 10.9 Å². The molecule has 0 N–H and O–H groups in total. The zero-order valence-corrected chi connectivity index (χ0v) is 10.1. The predicted molar refractivity (Wildman–Crippen MR) is 55.9 cm³/mol. The van der Waals surface area contributed by atoms with Crippen molar-refractivity contribution in [2.45, 2.75) is 26.4 Å². The lowest BCUT2D eigenvalue weighted by Gasteiger charge is -2.28. The number of hydrogen-bond donors (Lipinski definition) is 0. The van der Waals surface area contributed by atoms with Crippen molar-refractivity contribution < 1.29 is 14.3 Å². The first-order valence-electron chi connectivity index (χ1n) is 4.38. The Morgan fingerprint density at radius 1 is 1.64 bits per heavy atom. The largest absolute Gasteiger partial charge is 0.497 e. The number of carbonyl (C=O) groups excluding carboxylic acids is 1. The molecule has 0 bridgehead atoms. The summed E-state index contributed by atoms with van der Waals surface area (Å²) in [4.78, 5) is 13.1. The number of halogens is 1. The van der Waals surface area contributed by atoms with Crippen LogP contribution in [0.25, 0.3) is 0 Å². The smallest absolute Gasteiger partial charge is 0.415 e. The van der Waals surface area contributed by atoms with Gasteiger partial charge in [0.25, 0.3) is 0 Å². The van der Waals surface area contributed by atoms with Gasteiger partial charge in [0.05, 0.1) is 6.54 Å². The van der Waals surface area contributed by atoms with Gasteiger partial charge in [0.1, 0.15) is 23.1 Å². The van der Waals surface area contributed by atoms with Crippen LogP contribution in [0.1, 0.15) is 20.8 Å². The van der Waals surface area contributed by atoms with Crippen LogP contribution in [0.3, 0.4) is 0 Å². The maximum absolute atomic E-state index is 11.6. The Morgan fingerprint density at radius 2 is 2.29 bits per heavy atom. The average molecular weight is 264 g/mol. The van der Waals surface area contributed by atoms with Gasteiger partial charge in [0.15, 0.2) is 0 Å². The summed E-state index contributed by atoms with van der Waals surface area (Å²) in [6, 6.07) is 0. The molecule has 0 saturated carbocycles. The average Bonchev–Trinajstić information content (AvgIpc) is 2.01. The van der Waals surface area contributed by atoms with E-state index in [9.17, 15) is 4.79 Å². The molecular weight excluding hydrogens is 250 g/mol. The highest BCUT2D eigenvalue weighted by Gasteiger charge is 2.25. The van der Waals surface area contributed by atoms with Crippen molar-refractivity contribution in [3.63, 3.8) is 0 Å². The SMILES string of the molecule is CC(C)(C)OC(=O)N1CCOC=C1Br. The molecular formula is C9H14BrNO3. The summed E-state index contributed by atoms with van der Waals surface area (Å²) in [5.74, 6) is 0. The Balaban J connectivity index is 2.60. The Morgan fingerprint density at radius 3 is 2.79 bits per heavy atom. The van der Waals surface area contributed by atoms with Crippen LogP contribution in [0.5, 0.6) is 0 Å². The molecule has 0 saturated heterocycles. The number of rotatable bonds is 0. The zero-order valence-electron chi connectivity index (χ0n) is 8.54. The lowest BCUT2D eigenvalue weighted by Crippen LogP contribution is -2.38. The molecule has 1 heterocycles. The summed E-state index contributed by atoms with van der Waals surface area (Å²) in [6.07, 6.45) is 1.14. The Kier molecular flexibility index (Phi) is 3.42.